The third kappa shape index (κ3) is 1.74. The molecule has 0 bridgehead atoms. The first-order valence-electron chi connectivity index (χ1n) is 5.15. The number of hydrogen-bond donors (Lipinski definition) is 1. The molecule has 17 heavy (non-hydrogen) atoms. The summed E-state index contributed by atoms with van der Waals surface area (Å²) in [6.45, 7) is 1.57. The van der Waals surface area contributed by atoms with Crippen molar-refractivity contribution in [2.75, 3.05) is 7.11 Å². The van der Waals surface area contributed by atoms with Gasteiger partial charge in [-0.2, -0.15) is 0 Å². The first kappa shape index (κ1) is 11.8. The van der Waals surface area contributed by atoms with E-state index in [1.807, 2.05) is 0 Å². The van der Waals surface area contributed by atoms with Crippen molar-refractivity contribution >= 4 is 10.8 Å². The quantitative estimate of drug-likeness (QED) is 0.871. The van der Waals surface area contributed by atoms with E-state index >= 15 is 0 Å². The van der Waals surface area contributed by atoms with Crippen molar-refractivity contribution in [2.45, 2.75) is 13.5 Å². The summed E-state index contributed by atoms with van der Waals surface area (Å²) < 4.78 is 32.2. The summed E-state index contributed by atoms with van der Waals surface area (Å²) in [5.41, 5.74) is 1.33. The summed E-state index contributed by atoms with van der Waals surface area (Å²) in [5, 5.41) is 9.85. The molecule has 2 aromatic carbocycles. The van der Waals surface area contributed by atoms with Crippen LogP contribution in [0.3, 0.4) is 0 Å². The van der Waals surface area contributed by atoms with Gasteiger partial charge in [-0.05, 0) is 29.5 Å². The molecule has 2 nitrogen and oxygen atoms in total. The SMILES string of the molecule is COc1c(F)cc2c(C)c(CO)ccc2c1F. The Morgan fingerprint density at radius 1 is 1.24 bits per heavy atom. The molecule has 90 valence electrons. The largest absolute Gasteiger partial charge is 0.491 e. The number of hydrogen-bond acceptors (Lipinski definition) is 2. The summed E-state index contributed by atoms with van der Waals surface area (Å²) in [7, 11) is 1.22. The molecule has 0 radical (unpaired) electrons. The van der Waals surface area contributed by atoms with Gasteiger partial charge in [0, 0.05) is 5.39 Å². The number of halogens is 2. The molecule has 0 spiro atoms. The highest BCUT2D eigenvalue weighted by Gasteiger charge is 2.16. The second kappa shape index (κ2) is 4.30. The van der Waals surface area contributed by atoms with Crippen LogP contribution in [-0.4, -0.2) is 12.2 Å². The number of aryl methyl sites for hydroxylation is 1. The minimum atomic E-state index is -0.740. The highest BCUT2D eigenvalue weighted by molar-refractivity contribution is 5.88. The molecule has 2 aromatic rings. The molecule has 0 aliphatic heterocycles. The lowest BCUT2D eigenvalue weighted by molar-refractivity contribution is 0.281. The summed E-state index contributed by atoms with van der Waals surface area (Å²) in [6, 6.07) is 4.37. The van der Waals surface area contributed by atoms with Gasteiger partial charge in [0.05, 0.1) is 13.7 Å². The Kier molecular flexibility index (Phi) is 2.98. The fourth-order valence-electron chi connectivity index (χ4n) is 1.93. The molecule has 2 rings (SSSR count). The summed E-state index contributed by atoms with van der Waals surface area (Å²) in [4.78, 5) is 0. The van der Waals surface area contributed by atoms with Crippen LogP contribution in [0.5, 0.6) is 5.75 Å². The first-order valence-corrected chi connectivity index (χ1v) is 5.15. The van der Waals surface area contributed by atoms with Crippen molar-refractivity contribution in [3.05, 3.63) is 41.0 Å². The zero-order valence-corrected chi connectivity index (χ0v) is 9.55. The number of fused-ring (bicyclic) bond motifs is 1. The van der Waals surface area contributed by atoms with Gasteiger partial charge in [-0.25, -0.2) is 8.78 Å². The van der Waals surface area contributed by atoms with E-state index in [-0.39, 0.29) is 17.7 Å². The predicted octanol–water partition coefficient (Wildman–Crippen LogP) is 2.93. The maximum Gasteiger partial charge on any atom is 0.191 e. The van der Waals surface area contributed by atoms with Crippen LogP contribution in [0.1, 0.15) is 11.1 Å². The van der Waals surface area contributed by atoms with Gasteiger partial charge in [0.1, 0.15) is 0 Å². The molecule has 0 atom stereocenters. The summed E-state index contributed by atoms with van der Waals surface area (Å²) in [6.07, 6.45) is 0. The number of methoxy groups -OCH3 is 1. The van der Waals surface area contributed by atoms with Crippen LogP contribution in [0.25, 0.3) is 10.8 Å². The standard InChI is InChI=1S/C13H12F2O2/c1-7-8(6-16)3-4-9-10(7)5-11(14)13(17-2)12(9)15/h3-5,16H,6H2,1-2H3. The Labute approximate surface area is 97.4 Å². The van der Waals surface area contributed by atoms with Crippen LogP contribution in [0.4, 0.5) is 8.78 Å². The van der Waals surface area contributed by atoms with Crippen LogP contribution < -0.4 is 4.74 Å². The fourth-order valence-corrected chi connectivity index (χ4v) is 1.93. The third-order valence-electron chi connectivity index (χ3n) is 2.93. The zero-order valence-electron chi connectivity index (χ0n) is 9.55. The van der Waals surface area contributed by atoms with E-state index in [0.717, 1.165) is 0 Å². The Morgan fingerprint density at radius 3 is 2.53 bits per heavy atom. The Balaban J connectivity index is 2.86. The molecule has 0 saturated heterocycles. The second-order valence-electron chi connectivity index (χ2n) is 3.81. The van der Waals surface area contributed by atoms with Gasteiger partial charge in [-0.1, -0.05) is 12.1 Å². The monoisotopic (exact) mass is 238 g/mol. The molecule has 1 N–H and O–H groups in total. The molecule has 0 heterocycles. The Morgan fingerprint density at radius 2 is 1.94 bits per heavy atom. The Bertz CT molecular complexity index is 579. The van der Waals surface area contributed by atoms with Crippen molar-refractivity contribution in [3.63, 3.8) is 0 Å². The smallest absolute Gasteiger partial charge is 0.191 e. The minimum absolute atomic E-state index is 0.156. The number of ether oxygens (including phenoxy) is 1. The van der Waals surface area contributed by atoms with Crippen molar-refractivity contribution in [2.24, 2.45) is 0 Å². The van der Waals surface area contributed by atoms with Crippen LogP contribution in [-0.2, 0) is 6.61 Å². The number of rotatable bonds is 2. The molecule has 0 aromatic heterocycles. The first-order chi connectivity index (χ1) is 8.10. The van der Waals surface area contributed by atoms with Crippen LogP contribution in [0.15, 0.2) is 18.2 Å². The molecule has 0 amide bonds. The van der Waals surface area contributed by atoms with E-state index in [1.165, 1.54) is 19.2 Å². The van der Waals surface area contributed by atoms with Gasteiger partial charge in [0.25, 0.3) is 0 Å². The van der Waals surface area contributed by atoms with Gasteiger partial charge < -0.3 is 9.84 Å². The number of aliphatic hydroxyl groups is 1. The highest BCUT2D eigenvalue weighted by Crippen LogP contribution is 2.32. The maximum atomic E-state index is 13.9. The lowest BCUT2D eigenvalue weighted by Crippen LogP contribution is -1.97. The fraction of sp³-hybridized carbons (Fsp3) is 0.231. The Hall–Kier alpha value is -1.68. The molecular weight excluding hydrogens is 226 g/mol. The topological polar surface area (TPSA) is 29.5 Å². The van der Waals surface area contributed by atoms with E-state index in [4.69, 9.17) is 5.11 Å². The predicted molar refractivity (Wildman–Crippen MR) is 61.1 cm³/mol. The van der Waals surface area contributed by atoms with E-state index in [0.29, 0.717) is 16.5 Å². The van der Waals surface area contributed by atoms with Gasteiger partial charge in [0.15, 0.2) is 17.4 Å². The third-order valence-corrected chi connectivity index (χ3v) is 2.93. The molecule has 0 aliphatic carbocycles. The van der Waals surface area contributed by atoms with Crippen LogP contribution in [0.2, 0.25) is 0 Å². The number of benzene rings is 2. The summed E-state index contributed by atoms with van der Waals surface area (Å²) in [5.74, 6) is -1.83. The van der Waals surface area contributed by atoms with Gasteiger partial charge in [-0.3, -0.25) is 0 Å². The highest BCUT2D eigenvalue weighted by atomic mass is 19.1. The zero-order chi connectivity index (χ0) is 12.6. The summed E-state index contributed by atoms with van der Waals surface area (Å²) >= 11 is 0. The van der Waals surface area contributed by atoms with Crippen molar-refractivity contribution in [1.82, 2.24) is 0 Å². The van der Waals surface area contributed by atoms with E-state index in [1.54, 1.807) is 13.0 Å². The number of aliphatic hydroxyl groups excluding tert-OH is 1. The van der Waals surface area contributed by atoms with Crippen LogP contribution >= 0.6 is 0 Å². The van der Waals surface area contributed by atoms with E-state index in [9.17, 15) is 8.78 Å². The lowest BCUT2D eigenvalue weighted by Gasteiger charge is -2.11. The maximum absolute atomic E-state index is 13.9. The molecule has 0 unspecified atom stereocenters. The van der Waals surface area contributed by atoms with Gasteiger partial charge in [0.2, 0.25) is 0 Å². The average Bonchev–Trinajstić information content (AvgIpc) is 2.31. The average molecular weight is 238 g/mol. The van der Waals surface area contributed by atoms with Crippen LogP contribution in [0, 0.1) is 18.6 Å². The molecule has 0 fully saturated rings. The van der Waals surface area contributed by atoms with E-state index < -0.39 is 11.6 Å². The van der Waals surface area contributed by atoms with Gasteiger partial charge in [-0.15, -0.1) is 0 Å². The molecule has 0 saturated carbocycles. The molecule has 0 aliphatic rings. The molecular formula is C13H12F2O2. The van der Waals surface area contributed by atoms with Crippen molar-refractivity contribution in [3.8, 4) is 5.75 Å². The lowest BCUT2D eigenvalue weighted by atomic mass is 9.99. The second-order valence-corrected chi connectivity index (χ2v) is 3.81. The minimum Gasteiger partial charge on any atom is -0.491 e. The molecule has 4 heteroatoms. The van der Waals surface area contributed by atoms with Crippen molar-refractivity contribution in [1.29, 1.82) is 0 Å². The van der Waals surface area contributed by atoms with Gasteiger partial charge >= 0.3 is 0 Å². The van der Waals surface area contributed by atoms with E-state index in [2.05, 4.69) is 4.74 Å². The normalized spacial score (nSPS) is 10.9. The van der Waals surface area contributed by atoms with Crippen molar-refractivity contribution < 1.29 is 18.6 Å².